The van der Waals surface area contributed by atoms with E-state index in [9.17, 15) is 14.4 Å². The van der Waals surface area contributed by atoms with Crippen molar-refractivity contribution in [3.8, 4) is 0 Å². The number of nitrogens with zero attached hydrogens (tertiary/aromatic N) is 1. The fourth-order valence-corrected chi connectivity index (χ4v) is 3.51. The van der Waals surface area contributed by atoms with Gasteiger partial charge in [-0.05, 0) is 31.4 Å². The molecule has 6 nitrogen and oxygen atoms in total. The van der Waals surface area contributed by atoms with E-state index in [1.807, 2.05) is 0 Å². The number of thioether (sulfide) groups is 1. The van der Waals surface area contributed by atoms with Gasteiger partial charge in [0.25, 0.3) is 11.5 Å². The Morgan fingerprint density at radius 2 is 2.17 bits per heavy atom. The highest BCUT2D eigenvalue weighted by Crippen LogP contribution is 2.22. The molecule has 1 aromatic rings. The minimum Gasteiger partial charge on any atom is -0.354 e. The SMILES string of the molecule is Cc1ccc(C(=O)N2CSC[C@@H]2C(=O)NCCC(C)C)c(=O)[nH]1. The van der Waals surface area contributed by atoms with E-state index >= 15 is 0 Å². The van der Waals surface area contributed by atoms with Crippen LogP contribution in [0.4, 0.5) is 0 Å². The second-order valence-electron chi connectivity index (χ2n) is 6.15. The lowest BCUT2D eigenvalue weighted by Crippen LogP contribution is -2.48. The molecule has 1 saturated heterocycles. The van der Waals surface area contributed by atoms with E-state index in [1.165, 1.54) is 22.7 Å². The average molecular weight is 337 g/mol. The van der Waals surface area contributed by atoms with Crippen LogP contribution in [0.5, 0.6) is 0 Å². The van der Waals surface area contributed by atoms with Gasteiger partial charge in [0.15, 0.2) is 0 Å². The quantitative estimate of drug-likeness (QED) is 0.850. The van der Waals surface area contributed by atoms with E-state index in [1.54, 1.807) is 13.0 Å². The van der Waals surface area contributed by atoms with Gasteiger partial charge in [0.1, 0.15) is 11.6 Å². The Balaban J connectivity index is 2.07. The van der Waals surface area contributed by atoms with Crippen LogP contribution in [0.25, 0.3) is 0 Å². The zero-order valence-corrected chi connectivity index (χ0v) is 14.5. The van der Waals surface area contributed by atoms with Crippen molar-refractivity contribution in [2.24, 2.45) is 5.92 Å². The number of rotatable bonds is 5. The first-order valence-corrected chi connectivity index (χ1v) is 8.92. The number of nitrogens with one attached hydrogen (secondary N) is 2. The molecule has 2 heterocycles. The molecule has 2 rings (SSSR count). The number of pyridine rings is 1. The van der Waals surface area contributed by atoms with Gasteiger partial charge in [0.2, 0.25) is 5.91 Å². The van der Waals surface area contributed by atoms with Gasteiger partial charge in [-0.3, -0.25) is 14.4 Å². The van der Waals surface area contributed by atoms with Crippen LogP contribution >= 0.6 is 11.8 Å². The summed E-state index contributed by atoms with van der Waals surface area (Å²) in [6.45, 7) is 6.55. The normalized spacial score (nSPS) is 17.6. The number of hydrogen-bond acceptors (Lipinski definition) is 4. The van der Waals surface area contributed by atoms with Crippen molar-refractivity contribution in [2.75, 3.05) is 18.2 Å². The molecule has 1 aromatic heterocycles. The molecule has 1 fully saturated rings. The number of aromatic amines is 1. The van der Waals surface area contributed by atoms with Gasteiger partial charge < -0.3 is 15.2 Å². The van der Waals surface area contributed by atoms with Crippen molar-refractivity contribution in [3.63, 3.8) is 0 Å². The standard InChI is InChI=1S/C16H23N3O3S/c1-10(2)6-7-17-15(21)13-8-23-9-19(13)16(22)12-5-4-11(3)18-14(12)20/h4-5,10,13H,6-9H2,1-3H3,(H,17,21)(H,18,20)/t13-/m1/s1. The topological polar surface area (TPSA) is 82.3 Å². The number of aryl methyl sites for hydroxylation is 1. The maximum absolute atomic E-state index is 12.6. The Bertz CT molecular complexity index is 642. The van der Waals surface area contributed by atoms with Crippen molar-refractivity contribution < 1.29 is 9.59 Å². The van der Waals surface area contributed by atoms with E-state index in [0.29, 0.717) is 29.8 Å². The molecule has 2 amide bonds. The summed E-state index contributed by atoms with van der Waals surface area (Å²) in [4.78, 5) is 41.0. The molecule has 7 heteroatoms. The number of carbonyl (C=O) groups excluding carboxylic acids is 2. The lowest BCUT2D eigenvalue weighted by atomic mass is 10.1. The molecule has 1 aliphatic heterocycles. The van der Waals surface area contributed by atoms with Gasteiger partial charge in [0.05, 0.1) is 5.88 Å². The Morgan fingerprint density at radius 3 is 2.83 bits per heavy atom. The molecule has 0 radical (unpaired) electrons. The van der Waals surface area contributed by atoms with E-state index in [0.717, 1.165) is 6.42 Å². The predicted molar refractivity (Wildman–Crippen MR) is 91.5 cm³/mol. The first-order chi connectivity index (χ1) is 10.9. The van der Waals surface area contributed by atoms with Crippen LogP contribution in [-0.4, -0.2) is 45.9 Å². The van der Waals surface area contributed by atoms with Crippen LogP contribution in [0.3, 0.4) is 0 Å². The fraction of sp³-hybridized carbons (Fsp3) is 0.562. The summed E-state index contributed by atoms with van der Waals surface area (Å²) >= 11 is 1.52. The maximum atomic E-state index is 12.6. The molecule has 0 saturated carbocycles. The van der Waals surface area contributed by atoms with E-state index in [2.05, 4.69) is 24.1 Å². The Hall–Kier alpha value is -1.76. The molecule has 0 aliphatic carbocycles. The molecule has 0 unspecified atom stereocenters. The van der Waals surface area contributed by atoms with Crippen molar-refractivity contribution in [3.05, 3.63) is 33.7 Å². The van der Waals surface area contributed by atoms with Gasteiger partial charge in [-0.25, -0.2) is 0 Å². The second-order valence-corrected chi connectivity index (χ2v) is 7.15. The zero-order chi connectivity index (χ0) is 17.0. The molecule has 0 spiro atoms. The number of carbonyl (C=O) groups is 2. The smallest absolute Gasteiger partial charge is 0.260 e. The molecule has 0 bridgehead atoms. The molecular formula is C16H23N3O3S. The molecule has 126 valence electrons. The van der Waals surface area contributed by atoms with Crippen LogP contribution in [0, 0.1) is 12.8 Å². The summed E-state index contributed by atoms with van der Waals surface area (Å²) in [5, 5.41) is 2.88. The zero-order valence-electron chi connectivity index (χ0n) is 13.7. The van der Waals surface area contributed by atoms with Crippen LogP contribution in [-0.2, 0) is 4.79 Å². The van der Waals surface area contributed by atoms with Gasteiger partial charge >= 0.3 is 0 Å². The van der Waals surface area contributed by atoms with Crippen LogP contribution in [0.1, 0.15) is 36.3 Å². The lowest BCUT2D eigenvalue weighted by Gasteiger charge is -2.23. The highest BCUT2D eigenvalue weighted by Gasteiger charge is 2.35. The third kappa shape index (κ3) is 4.37. The number of H-pyrrole nitrogens is 1. The van der Waals surface area contributed by atoms with Crippen molar-refractivity contribution >= 4 is 23.6 Å². The summed E-state index contributed by atoms with van der Waals surface area (Å²) in [7, 11) is 0. The first-order valence-electron chi connectivity index (χ1n) is 7.76. The van der Waals surface area contributed by atoms with Gasteiger partial charge in [-0.1, -0.05) is 13.8 Å². The van der Waals surface area contributed by atoms with Crippen LogP contribution < -0.4 is 10.9 Å². The average Bonchev–Trinajstić information content (AvgIpc) is 2.95. The van der Waals surface area contributed by atoms with Crippen molar-refractivity contribution in [1.29, 1.82) is 0 Å². The summed E-state index contributed by atoms with van der Waals surface area (Å²) in [6, 6.07) is 2.70. The largest absolute Gasteiger partial charge is 0.354 e. The van der Waals surface area contributed by atoms with Crippen LogP contribution in [0.15, 0.2) is 16.9 Å². The summed E-state index contributed by atoms with van der Waals surface area (Å²) in [6.07, 6.45) is 0.900. The third-order valence-electron chi connectivity index (χ3n) is 3.75. The number of aromatic nitrogens is 1. The molecular weight excluding hydrogens is 314 g/mol. The van der Waals surface area contributed by atoms with E-state index in [4.69, 9.17) is 0 Å². The monoisotopic (exact) mass is 337 g/mol. The Morgan fingerprint density at radius 1 is 1.43 bits per heavy atom. The highest BCUT2D eigenvalue weighted by atomic mass is 32.2. The molecule has 0 aromatic carbocycles. The Labute approximate surface area is 140 Å². The first kappa shape index (κ1) is 17.6. The third-order valence-corrected chi connectivity index (χ3v) is 4.76. The fourth-order valence-electron chi connectivity index (χ4n) is 2.36. The van der Waals surface area contributed by atoms with Crippen molar-refractivity contribution in [1.82, 2.24) is 15.2 Å². The summed E-state index contributed by atoms with van der Waals surface area (Å²) in [5.41, 5.74) is 0.370. The number of amides is 2. The summed E-state index contributed by atoms with van der Waals surface area (Å²) in [5.74, 6) is 0.960. The van der Waals surface area contributed by atoms with Crippen LogP contribution in [0.2, 0.25) is 0 Å². The lowest BCUT2D eigenvalue weighted by molar-refractivity contribution is -0.124. The second kappa shape index (κ2) is 7.68. The molecule has 23 heavy (non-hydrogen) atoms. The molecule has 1 atom stereocenters. The van der Waals surface area contributed by atoms with Gasteiger partial charge in [0, 0.05) is 18.0 Å². The molecule has 2 N–H and O–H groups in total. The van der Waals surface area contributed by atoms with Gasteiger partial charge in [-0.15, -0.1) is 11.8 Å². The van der Waals surface area contributed by atoms with E-state index in [-0.39, 0.29) is 17.4 Å². The highest BCUT2D eigenvalue weighted by molar-refractivity contribution is 7.99. The molecule has 1 aliphatic rings. The maximum Gasteiger partial charge on any atom is 0.260 e. The Kier molecular flexibility index (Phi) is 5.87. The minimum absolute atomic E-state index is 0.0816. The van der Waals surface area contributed by atoms with Gasteiger partial charge in [-0.2, -0.15) is 0 Å². The minimum atomic E-state index is -0.514. The van der Waals surface area contributed by atoms with Crippen molar-refractivity contribution in [2.45, 2.75) is 33.2 Å². The summed E-state index contributed by atoms with van der Waals surface area (Å²) < 4.78 is 0. The predicted octanol–water partition coefficient (Wildman–Crippen LogP) is 1.36. The number of hydrogen-bond donors (Lipinski definition) is 2. The van der Waals surface area contributed by atoms with E-state index < -0.39 is 11.6 Å².